The number of unbranched alkanes of at least 4 members (excludes halogenated alkanes) is 3. The molecule has 1 rings (SSSR count). The van der Waals surface area contributed by atoms with Crippen molar-refractivity contribution < 1.29 is 9.59 Å². The average Bonchev–Trinajstić information content (AvgIpc) is 2.49. The predicted molar refractivity (Wildman–Crippen MR) is 87.4 cm³/mol. The van der Waals surface area contributed by atoms with Crippen LogP contribution in [0.25, 0.3) is 0 Å². The van der Waals surface area contributed by atoms with Crippen LogP contribution in [0.1, 0.15) is 51.1 Å². The Labute approximate surface area is 134 Å². The van der Waals surface area contributed by atoms with Gasteiger partial charge in [0.05, 0.1) is 6.54 Å². The molecule has 0 atom stereocenters. The molecule has 1 aromatic heterocycles. The van der Waals surface area contributed by atoms with Crippen LogP contribution in [0.2, 0.25) is 0 Å². The number of anilines is 1. The summed E-state index contributed by atoms with van der Waals surface area (Å²) in [6.07, 6.45) is 5.05. The fourth-order valence-corrected chi connectivity index (χ4v) is 1.92. The van der Waals surface area contributed by atoms with E-state index in [1.54, 1.807) is 0 Å². The Morgan fingerprint density at radius 2 is 2.09 bits per heavy atom. The zero-order chi connectivity index (χ0) is 17.1. The third kappa shape index (κ3) is 7.92. The van der Waals surface area contributed by atoms with E-state index in [0.717, 1.165) is 31.4 Å². The van der Waals surface area contributed by atoms with Crippen LogP contribution >= 0.6 is 0 Å². The van der Waals surface area contributed by atoms with Gasteiger partial charge in [-0.25, -0.2) is 14.6 Å². The SMILES string of the molecule is CC(C)c1cc(=O)nc(NC(=O)NCCCCCCN=C=O)[nH]1. The molecule has 0 aliphatic carbocycles. The number of nitrogens with one attached hydrogen (secondary N) is 3. The minimum absolute atomic E-state index is 0.137. The number of aliphatic imine (C=N–C) groups is 1. The number of carbonyl (C=O) groups excluding carboxylic acids is 2. The van der Waals surface area contributed by atoms with Gasteiger partial charge in [-0.15, -0.1) is 0 Å². The number of amides is 2. The summed E-state index contributed by atoms with van der Waals surface area (Å²) in [6, 6.07) is 1.02. The maximum atomic E-state index is 11.7. The summed E-state index contributed by atoms with van der Waals surface area (Å²) in [5, 5.41) is 5.23. The molecule has 0 spiro atoms. The van der Waals surface area contributed by atoms with E-state index in [2.05, 4.69) is 25.6 Å². The molecule has 3 N–H and O–H groups in total. The molecule has 0 unspecified atom stereocenters. The van der Waals surface area contributed by atoms with Crippen molar-refractivity contribution >= 4 is 18.1 Å². The maximum absolute atomic E-state index is 11.7. The fourth-order valence-electron chi connectivity index (χ4n) is 1.92. The number of H-pyrrole nitrogens is 1. The summed E-state index contributed by atoms with van der Waals surface area (Å²) in [6.45, 7) is 4.91. The van der Waals surface area contributed by atoms with E-state index >= 15 is 0 Å². The quantitative estimate of drug-likeness (QED) is 0.366. The molecule has 0 bridgehead atoms. The summed E-state index contributed by atoms with van der Waals surface area (Å²) in [5.41, 5.74) is 0.332. The Bertz CT molecular complexity index is 605. The molecule has 126 valence electrons. The first-order valence-electron chi connectivity index (χ1n) is 7.72. The topological polar surface area (TPSA) is 116 Å². The third-order valence-electron chi connectivity index (χ3n) is 3.16. The number of isocyanates is 1. The minimum Gasteiger partial charge on any atom is -0.338 e. The lowest BCUT2D eigenvalue weighted by Crippen LogP contribution is -2.31. The van der Waals surface area contributed by atoms with E-state index in [9.17, 15) is 14.4 Å². The summed E-state index contributed by atoms with van der Waals surface area (Å²) in [5.74, 6) is 0.281. The normalized spacial score (nSPS) is 10.2. The second-order valence-corrected chi connectivity index (χ2v) is 5.45. The second-order valence-electron chi connectivity index (χ2n) is 5.45. The largest absolute Gasteiger partial charge is 0.338 e. The van der Waals surface area contributed by atoms with E-state index in [1.165, 1.54) is 12.1 Å². The van der Waals surface area contributed by atoms with Crippen LogP contribution in [-0.2, 0) is 4.79 Å². The van der Waals surface area contributed by atoms with Gasteiger partial charge in [0.2, 0.25) is 12.0 Å². The molecule has 23 heavy (non-hydrogen) atoms. The molecule has 1 heterocycles. The first-order valence-corrected chi connectivity index (χ1v) is 7.72. The molecule has 0 radical (unpaired) electrons. The molecular formula is C15H23N5O3. The zero-order valence-electron chi connectivity index (χ0n) is 13.5. The van der Waals surface area contributed by atoms with E-state index in [-0.39, 0.29) is 17.4 Å². The number of aromatic amines is 1. The smallest absolute Gasteiger partial charge is 0.321 e. The number of nitrogens with zero attached hydrogens (tertiary/aromatic N) is 2. The summed E-state index contributed by atoms with van der Waals surface area (Å²) >= 11 is 0. The summed E-state index contributed by atoms with van der Waals surface area (Å²) in [7, 11) is 0. The molecule has 0 saturated carbocycles. The van der Waals surface area contributed by atoms with Gasteiger partial charge in [0.1, 0.15) is 0 Å². The Kier molecular flexibility index (Phi) is 8.31. The van der Waals surface area contributed by atoms with Crippen molar-refractivity contribution in [3.05, 3.63) is 22.1 Å². The summed E-state index contributed by atoms with van der Waals surface area (Å²) < 4.78 is 0. The highest BCUT2D eigenvalue weighted by molar-refractivity contribution is 5.87. The summed E-state index contributed by atoms with van der Waals surface area (Å²) in [4.78, 5) is 43.2. The van der Waals surface area contributed by atoms with E-state index in [4.69, 9.17) is 0 Å². The van der Waals surface area contributed by atoms with Gasteiger partial charge in [-0.2, -0.15) is 4.98 Å². The predicted octanol–water partition coefficient (Wildman–Crippen LogP) is 1.91. The Morgan fingerprint density at radius 3 is 2.78 bits per heavy atom. The molecule has 2 amide bonds. The lowest BCUT2D eigenvalue weighted by molar-refractivity contribution is 0.251. The van der Waals surface area contributed by atoms with Crippen molar-refractivity contribution in [2.75, 3.05) is 18.4 Å². The molecule has 1 aromatic rings. The molecule has 0 aromatic carbocycles. The minimum atomic E-state index is -0.403. The fraction of sp³-hybridized carbons (Fsp3) is 0.600. The van der Waals surface area contributed by atoms with Gasteiger partial charge < -0.3 is 10.3 Å². The first kappa shape index (κ1) is 18.6. The van der Waals surface area contributed by atoms with E-state index in [1.807, 2.05) is 13.8 Å². The van der Waals surface area contributed by atoms with Crippen molar-refractivity contribution in [3.8, 4) is 0 Å². The van der Waals surface area contributed by atoms with Crippen molar-refractivity contribution in [2.24, 2.45) is 4.99 Å². The highest BCUT2D eigenvalue weighted by Crippen LogP contribution is 2.09. The van der Waals surface area contributed by atoms with Crippen molar-refractivity contribution in [3.63, 3.8) is 0 Å². The maximum Gasteiger partial charge on any atom is 0.321 e. The van der Waals surface area contributed by atoms with Crippen molar-refractivity contribution in [2.45, 2.75) is 45.4 Å². The van der Waals surface area contributed by atoms with Crippen LogP contribution in [-0.4, -0.2) is 35.2 Å². The number of carbonyl (C=O) groups is 1. The average molecular weight is 321 g/mol. The molecule has 0 aliphatic rings. The van der Waals surface area contributed by atoms with Gasteiger partial charge in [-0.05, 0) is 18.8 Å². The lowest BCUT2D eigenvalue weighted by Gasteiger charge is -2.09. The van der Waals surface area contributed by atoms with Gasteiger partial charge in [-0.1, -0.05) is 26.7 Å². The zero-order valence-corrected chi connectivity index (χ0v) is 13.5. The van der Waals surface area contributed by atoms with E-state index < -0.39 is 6.03 Å². The van der Waals surface area contributed by atoms with Gasteiger partial charge in [-0.3, -0.25) is 10.1 Å². The number of urea groups is 1. The highest BCUT2D eigenvalue weighted by Gasteiger charge is 2.07. The van der Waals surface area contributed by atoms with Crippen LogP contribution in [0.3, 0.4) is 0 Å². The van der Waals surface area contributed by atoms with Gasteiger partial charge >= 0.3 is 6.03 Å². The van der Waals surface area contributed by atoms with Crippen molar-refractivity contribution in [1.82, 2.24) is 15.3 Å². The molecule has 0 saturated heterocycles. The van der Waals surface area contributed by atoms with Crippen LogP contribution in [0.15, 0.2) is 15.9 Å². The molecule has 8 nitrogen and oxygen atoms in total. The number of hydrogen-bond acceptors (Lipinski definition) is 5. The van der Waals surface area contributed by atoms with Crippen LogP contribution in [0.5, 0.6) is 0 Å². The van der Waals surface area contributed by atoms with Gasteiger partial charge in [0.25, 0.3) is 5.56 Å². The number of hydrogen-bond donors (Lipinski definition) is 3. The highest BCUT2D eigenvalue weighted by atomic mass is 16.2. The number of rotatable bonds is 9. The van der Waals surface area contributed by atoms with E-state index in [0.29, 0.717) is 13.1 Å². The Hall–Kier alpha value is -2.47. The van der Waals surface area contributed by atoms with Gasteiger partial charge in [0.15, 0.2) is 0 Å². The lowest BCUT2D eigenvalue weighted by atomic mass is 10.1. The monoisotopic (exact) mass is 321 g/mol. The Balaban J connectivity index is 2.29. The van der Waals surface area contributed by atoms with Crippen molar-refractivity contribution in [1.29, 1.82) is 0 Å². The molecule has 0 aliphatic heterocycles. The molecule has 8 heteroatoms. The van der Waals surface area contributed by atoms with Crippen LogP contribution < -0.4 is 16.2 Å². The van der Waals surface area contributed by atoms with Gasteiger partial charge in [0, 0.05) is 18.3 Å². The molecular weight excluding hydrogens is 298 g/mol. The third-order valence-corrected chi connectivity index (χ3v) is 3.16. The second kappa shape index (κ2) is 10.3. The number of aromatic nitrogens is 2. The standard InChI is InChI=1S/C15H23N5O3/c1-11(2)12-9-13(22)19-14(18-12)20-15(23)17-8-6-4-3-5-7-16-10-21/h9,11H,3-8H2,1-2H3,(H3,17,18,19,20,22,23). The first-order chi connectivity index (χ1) is 11.0. The van der Waals surface area contributed by atoms with Crippen LogP contribution in [0, 0.1) is 0 Å². The Morgan fingerprint density at radius 1 is 1.35 bits per heavy atom. The molecule has 0 fully saturated rings. The van der Waals surface area contributed by atoms with Crippen LogP contribution in [0.4, 0.5) is 10.7 Å².